The number of carbonyl (C=O) groups excluding carboxylic acids is 6. The molecule has 1 aromatic heterocycles. The third-order valence-corrected chi connectivity index (χ3v) is 13.2. The number of thiazole rings is 1. The van der Waals surface area contributed by atoms with E-state index in [1.54, 1.807) is 78.8 Å². The van der Waals surface area contributed by atoms with Crippen LogP contribution >= 0.6 is 11.3 Å². The van der Waals surface area contributed by atoms with Gasteiger partial charge < -0.3 is 47.4 Å². The highest BCUT2D eigenvalue weighted by atomic mass is 32.1. The van der Waals surface area contributed by atoms with E-state index < -0.39 is 59.5 Å². The Kier molecular flexibility index (Phi) is 27.6. The number of nitrogens with zero attached hydrogens (tertiary/aromatic N) is 3. The van der Waals surface area contributed by atoms with Gasteiger partial charge in [0.15, 0.2) is 0 Å². The van der Waals surface area contributed by atoms with Crippen LogP contribution in [-0.4, -0.2) is 94.1 Å². The Morgan fingerprint density at radius 3 is 1.49 bits per heavy atom. The van der Waals surface area contributed by atoms with Crippen molar-refractivity contribution in [2.45, 2.75) is 81.1 Å². The molecule has 0 saturated heterocycles. The smallest absolute Gasteiger partial charge is 0.333 e. The molecule has 5 aromatic rings. The van der Waals surface area contributed by atoms with Gasteiger partial charge in [0, 0.05) is 24.8 Å². The summed E-state index contributed by atoms with van der Waals surface area (Å²) in [7, 11) is 1.59. The molecule has 426 valence electrons. The van der Waals surface area contributed by atoms with E-state index in [9.17, 15) is 28.8 Å². The highest BCUT2D eigenvalue weighted by Gasteiger charge is 2.34. The quantitative estimate of drug-likeness (QED) is 0.0101. The monoisotopic (exact) mass is 1110 g/mol. The van der Waals surface area contributed by atoms with Gasteiger partial charge in [0.25, 0.3) is 0 Å². The van der Waals surface area contributed by atoms with Crippen molar-refractivity contribution < 1.29 is 76.1 Å². The fraction of sp³-hybridized carbons (Fsp3) is 0.390. The van der Waals surface area contributed by atoms with Gasteiger partial charge in [0.05, 0.1) is 66.5 Å². The van der Waals surface area contributed by atoms with Crippen molar-refractivity contribution in [3.8, 4) is 34.5 Å². The predicted molar refractivity (Wildman–Crippen MR) is 301 cm³/mol. The van der Waals surface area contributed by atoms with Crippen molar-refractivity contribution in [2.75, 3.05) is 52.1 Å². The molecule has 79 heavy (non-hydrogen) atoms. The van der Waals surface area contributed by atoms with Gasteiger partial charge in [-0.25, -0.2) is 19.6 Å². The summed E-state index contributed by atoms with van der Waals surface area (Å²) in [6.45, 7) is 7.47. The van der Waals surface area contributed by atoms with Crippen LogP contribution < -0.4 is 33.4 Å². The SMILES string of the molecule is C.C.C.C.C=CC(=O)OCOc1ccc(OC(=O)C2CCC(C(=O)Oc3ccc(OC(=O)C4CCC(C(=O)Oc5ccc(OCOC(=O)C=C)cc5)CC4)c(/C=N/N(CCOCCOC)c4nc5ccccc5s4)c3)CC2)cc1. The van der Waals surface area contributed by atoms with E-state index in [2.05, 4.69) is 13.2 Å². The topological polar surface area (TPSA) is 223 Å². The normalized spacial score (nSPS) is 16.4. The summed E-state index contributed by atoms with van der Waals surface area (Å²) in [5.41, 5.74) is 1.14. The number of rotatable bonds is 25. The summed E-state index contributed by atoms with van der Waals surface area (Å²) < 4.78 is 55.5. The van der Waals surface area contributed by atoms with Gasteiger partial charge >= 0.3 is 35.8 Å². The lowest BCUT2D eigenvalue weighted by molar-refractivity contribution is -0.145. The molecule has 0 unspecified atom stereocenters. The van der Waals surface area contributed by atoms with Crippen LogP contribution in [0.4, 0.5) is 5.13 Å². The summed E-state index contributed by atoms with van der Waals surface area (Å²) in [5.74, 6) is -3.10. The number of methoxy groups -OCH3 is 1. The maximum absolute atomic E-state index is 13.8. The van der Waals surface area contributed by atoms with Crippen molar-refractivity contribution in [3.63, 3.8) is 0 Å². The molecule has 0 N–H and O–H groups in total. The van der Waals surface area contributed by atoms with Crippen LogP contribution in [0, 0.1) is 23.7 Å². The van der Waals surface area contributed by atoms with E-state index in [1.807, 2.05) is 24.3 Å². The molecule has 0 amide bonds. The molecule has 0 spiro atoms. The molecule has 2 saturated carbocycles. The first-order valence-corrected chi connectivity index (χ1v) is 25.1. The first kappa shape index (κ1) is 65.3. The Bertz CT molecular complexity index is 2770. The second-order valence-electron chi connectivity index (χ2n) is 17.2. The number of para-hydroxylation sites is 1. The molecule has 1 heterocycles. The van der Waals surface area contributed by atoms with Gasteiger partial charge in [-0.2, -0.15) is 5.10 Å². The highest BCUT2D eigenvalue weighted by Crippen LogP contribution is 2.35. The zero-order valence-electron chi connectivity index (χ0n) is 41.3. The number of anilines is 1. The number of aromatic nitrogens is 1. The van der Waals surface area contributed by atoms with Crippen LogP contribution in [0.5, 0.6) is 34.5 Å². The van der Waals surface area contributed by atoms with Crippen LogP contribution in [-0.2, 0) is 47.7 Å². The highest BCUT2D eigenvalue weighted by molar-refractivity contribution is 7.22. The number of ether oxygens (including phenoxy) is 10. The Morgan fingerprint density at radius 1 is 0.582 bits per heavy atom. The number of benzene rings is 4. The fourth-order valence-corrected chi connectivity index (χ4v) is 8.99. The minimum absolute atomic E-state index is 0. The van der Waals surface area contributed by atoms with Gasteiger partial charge in [0.1, 0.15) is 34.5 Å². The van der Waals surface area contributed by atoms with E-state index in [1.165, 1.54) is 17.6 Å². The Hall–Kier alpha value is -7.94. The molecule has 0 aliphatic heterocycles. The van der Waals surface area contributed by atoms with Crippen molar-refractivity contribution in [1.82, 2.24) is 4.98 Å². The first-order chi connectivity index (χ1) is 36.5. The average Bonchev–Trinajstić information content (AvgIpc) is 3.88. The first-order valence-electron chi connectivity index (χ1n) is 24.3. The van der Waals surface area contributed by atoms with E-state index >= 15 is 0 Å². The Morgan fingerprint density at radius 2 is 1.03 bits per heavy atom. The van der Waals surface area contributed by atoms with E-state index in [-0.39, 0.29) is 54.8 Å². The molecule has 2 aliphatic carbocycles. The number of hydrazone groups is 1. The van der Waals surface area contributed by atoms with Crippen LogP contribution in [0.2, 0.25) is 0 Å². The molecule has 0 atom stereocenters. The summed E-state index contributed by atoms with van der Waals surface area (Å²) in [5, 5.41) is 7.09. The van der Waals surface area contributed by atoms with Crippen LogP contribution in [0.15, 0.2) is 121 Å². The van der Waals surface area contributed by atoms with Gasteiger partial charge in [-0.1, -0.05) is 66.3 Å². The molecule has 0 radical (unpaired) electrons. The zero-order valence-corrected chi connectivity index (χ0v) is 42.1. The summed E-state index contributed by atoms with van der Waals surface area (Å²) in [6.07, 6.45) is 6.72. The minimum Gasteiger partial charge on any atom is -0.457 e. The van der Waals surface area contributed by atoms with Crippen molar-refractivity contribution in [2.24, 2.45) is 28.8 Å². The summed E-state index contributed by atoms with van der Waals surface area (Å²) in [4.78, 5) is 81.1. The molecule has 4 aromatic carbocycles. The van der Waals surface area contributed by atoms with E-state index in [4.69, 9.17) is 57.5 Å². The number of esters is 6. The lowest BCUT2D eigenvalue weighted by Crippen LogP contribution is -2.30. The molecule has 7 rings (SSSR count). The number of hydrogen-bond acceptors (Lipinski definition) is 20. The molecule has 2 aliphatic rings. The molecular formula is C59H73N3O16S. The lowest BCUT2D eigenvalue weighted by Gasteiger charge is -2.26. The lowest BCUT2D eigenvalue weighted by atomic mass is 9.82. The Labute approximate surface area is 466 Å². The maximum Gasteiger partial charge on any atom is 0.333 e. The second kappa shape index (κ2) is 33.4. The van der Waals surface area contributed by atoms with E-state index in [0.29, 0.717) is 111 Å². The standard InChI is InChI=1S/C55H57N3O16S.4CH4/c1-4-49(59)69-34-67-41-18-22-43(23-19-41)71-51(61)36-10-12-38(13-11-36)53(63)73-45-26-27-47(40(32-45)33-56-58(28-29-66-31-30-65-3)55-57-46-8-6-7-9-48(46)75-55)74-54(64)39-16-14-37(15-17-39)52(62)72-44-24-20-42(21-25-44)68-35-70-50(60)5-2;;;;/h4-9,18-27,32-33,36-39H,1-2,10-17,28-31,34-35H2,3H3;4*1H4/b56-33+;;;;. The number of carbonyl (C=O) groups is 6. The van der Waals surface area contributed by atoms with Crippen LogP contribution in [0.3, 0.4) is 0 Å². The summed E-state index contributed by atoms with van der Waals surface area (Å²) >= 11 is 1.45. The van der Waals surface area contributed by atoms with Crippen molar-refractivity contribution >= 4 is 68.7 Å². The third kappa shape index (κ3) is 19.8. The largest absolute Gasteiger partial charge is 0.457 e. The van der Waals surface area contributed by atoms with Crippen LogP contribution in [0.1, 0.15) is 86.6 Å². The zero-order chi connectivity index (χ0) is 52.9. The third-order valence-electron chi connectivity index (χ3n) is 12.2. The Balaban J connectivity index is 0.00000410. The van der Waals surface area contributed by atoms with Gasteiger partial charge in [-0.15, -0.1) is 0 Å². The number of fused-ring (bicyclic) bond motifs is 1. The predicted octanol–water partition coefficient (Wildman–Crippen LogP) is 11.1. The van der Waals surface area contributed by atoms with Gasteiger partial charge in [-0.05, 0) is 130 Å². The molecule has 20 heteroatoms. The maximum atomic E-state index is 13.8. The van der Waals surface area contributed by atoms with Crippen molar-refractivity contribution in [1.29, 1.82) is 0 Å². The molecular weight excluding hydrogens is 1040 g/mol. The minimum atomic E-state index is -0.619. The molecule has 2 fully saturated rings. The molecule has 0 bridgehead atoms. The van der Waals surface area contributed by atoms with Gasteiger partial charge in [0.2, 0.25) is 18.7 Å². The number of hydrogen-bond donors (Lipinski definition) is 0. The van der Waals surface area contributed by atoms with Crippen molar-refractivity contribution in [3.05, 3.63) is 122 Å². The summed E-state index contributed by atoms with van der Waals surface area (Å²) in [6, 6.07) is 25.0. The molecule has 19 nitrogen and oxygen atoms in total. The fourth-order valence-electron chi connectivity index (χ4n) is 8.04. The van der Waals surface area contributed by atoms with Crippen LogP contribution in [0.25, 0.3) is 10.2 Å². The average molecular weight is 1110 g/mol. The van der Waals surface area contributed by atoms with Gasteiger partial charge in [-0.3, -0.25) is 19.2 Å². The van der Waals surface area contributed by atoms with E-state index in [0.717, 1.165) is 22.4 Å². The second-order valence-corrected chi connectivity index (χ2v) is 18.2.